The molecule has 1 saturated heterocycles. The summed E-state index contributed by atoms with van der Waals surface area (Å²) in [6.07, 6.45) is -1.04. The minimum atomic E-state index is -1.04. The Hall–Kier alpha value is -1.95. The van der Waals surface area contributed by atoms with E-state index in [1.165, 1.54) is 24.3 Å². The highest BCUT2D eigenvalue weighted by atomic mass is 19.1. The molecule has 1 heterocycles. The van der Waals surface area contributed by atoms with Gasteiger partial charge < -0.3 is 10.4 Å². The van der Waals surface area contributed by atoms with Gasteiger partial charge in [0.2, 0.25) is 0 Å². The van der Waals surface area contributed by atoms with Crippen molar-refractivity contribution in [3.05, 3.63) is 35.6 Å². The first-order valence-electron chi connectivity index (χ1n) is 5.89. The lowest BCUT2D eigenvalue weighted by molar-refractivity contribution is -0.131. The van der Waals surface area contributed by atoms with Crippen LogP contribution < -0.4 is 5.32 Å². The van der Waals surface area contributed by atoms with Crippen LogP contribution in [-0.4, -0.2) is 34.0 Å². The van der Waals surface area contributed by atoms with Gasteiger partial charge in [0.1, 0.15) is 11.4 Å². The van der Waals surface area contributed by atoms with Gasteiger partial charge in [-0.25, -0.2) is 9.18 Å². The van der Waals surface area contributed by atoms with Crippen molar-refractivity contribution in [3.63, 3.8) is 0 Å². The van der Waals surface area contributed by atoms with Gasteiger partial charge in [-0.15, -0.1) is 0 Å². The number of urea groups is 1. The van der Waals surface area contributed by atoms with Gasteiger partial charge in [0.05, 0.1) is 12.6 Å². The first-order chi connectivity index (χ1) is 8.81. The molecule has 0 bridgehead atoms. The Morgan fingerprint density at radius 3 is 2.37 bits per heavy atom. The molecule has 102 valence electrons. The average molecular weight is 266 g/mol. The van der Waals surface area contributed by atoms with E-state index in [4.69, 9.17) is 0 Å². The lowest BCUT2D eigenvalue weighted by Gasteiger charge is -2.19. The second kappa shape index (κ2) is 4.62. The summed E-state index contributed by atoms with van der Waals surface area (Å²) in [5.74, 6) is -0.800. The molecule has 1 aliphatic rings. The number of amides is 3. The summed E-state index contributed by atoms with van der Waals surface area (Å²) in [4.78, 5) is 24.5. The van der Waals surface area contributed by atoms with E-state index in [1.807, 2.05) is 0 Å². The van der Waals surface area contributed by atoms with E-state index in [9.17, 15) is 19.1 Å². The van der Waals surface area contributed by atoms with E-state index in [0.717, 1.165) is 4.90 Å². The maximum Gasteiger partial charge on any atom is 0.325 e. The summed E-state index contributed by atoms with van der Waals surface area (Å²) in [6, 6.07) is 4.74. The van der Waals surface area contributed by atoms with Crippen LogP contribution in [0.15, 0.2) is 24.3 Å². The molecule has 1 atom stereocenters. The quantitative estimate of drug-likeness (QED) is 0.807. The fraction of sp³-hybridized carbons (Fsp3) is 0.385. The van der Waals surface area contributed by atoms with Gasteiger partial charge in [-0.05, 0) is 31.5 Å². The van der Waals surface area contributed by atoms with Crippen LogP contribution in [0.1, 0.15) is 25.5 Å². The van der Waals surface area contributed by atoms with Crippen molar-refractivity contribution in [2.45, 2.75) is 25.5 Å². The maximum atomic E-state index is 12.8. The standard InChI is InChI=1S/C13H15FN2O3/c1-13(2)11(18)16(12(19)15-13)7-10(17)8-3-5-9(14)6-4-8/h3-6,10,17H,7H2,1-2H3,(H,15,19)/t10-/m1/s1. The summed E-state index contributed by atoms with van der Waals surface area (Å²) in [7, 11) is 0. The van der Waals surface area contributed by atoms with Crippen molar-refractivity contribution in [1.82, 2.24) is 10.2 Å². The van der Waals surface area contributed by atoms with Gasteiger partial charge in [0.25, 0.3) is 5.91 Å². The molecule has 1 fully saturated rings. The van der Waals surface area contributed by atoms with Gasteiger partial charge in [-0.2, -0.15) is 0 Å². The molecule has 1 aromatic carbocycles. The highest BCUT2D eigenvalue weighted by Crippen LogP contribution is 2.21. The number of carbonyl (C=O) groups is 2. The molecule has 0 radical (unpaired) electrons. The van der Waals surface area contributed by atoms with Gasteiger partial charge in [0.15, 0.2) is 0 Å². The Labute approximate surface area is 110 Å². The fourth-order valence-corrected chi connectivity index (χ4v) is 1.95. The number of aliphatic hydroxyl groups is 1. The van der Waals surface area contributed by atoms with Crippen LogP contribution in [0.5, 0.6) is 0 Å². The van der Waals surface area contributed by atoms with E-state index in [1.54, 1.807) is 13.8 Å². The van der Waals surface area contributed by atoms with Crippen LogP contribution in [0.3, 0.4) is 0 Å². The van der Waals surface area contributed by atoms with E-state index in [0.29, 0.717) is 5.56 Å². The third-order valence-corrected chi connectivity index (χ3v) is 3.05. The number of nitrogens with one attached hydrogen (secondary N) is 1. The van der Waals surface area contributed by atoms with Crippen LogP contribution in [0.4, 0.5) is 9.18 Å². The number of nitrogens with zero attached hydrogens (tertiary/aromatic N) is 1. The highest BCUT2D eigenvalue weighted by Gasteiger charge is 2.44. The Bertz CT molecular complexity index is 513. The third-order valence-electron chi connectivity index (χ3n) is 3.05. The van der Waals surface area contributed by atoms with Crippen molar-refractivity contribution in [2.75, 3.05) is 6.54 Å². The third kappa shape index (κ3) is 2.58. The molecule has 19 heavy (non-hydrogen) atoms. The summed E-state index contributed by atoms with van der Waals surface area (Å²) >= 11 is 0. The minimum absolute atomic E-state index is 0.153. The topological polar surface area (TPSA) is 69.6 Å². The van der Waals surface area contributed by atoms with E-state index in [2.05, 4.69) is 5.32 Å². The molecule has 6 heteroatoms. The Morgan fingerprint density at radius 1 is 1.32 bits per heavy atom. The number of benzene rings is 1. The van der Waals surface area contributed by atoms with Crippen LogP contribution in [-0.2, 0) is 4.79 Å². The molecule has 1 aromatic rings. The largest absolute Gasteiger partial charge is 0.387 e. The molecular weight excluding hydrogens is 251 g/mol. The van der Waals surface area contributed by atoms with E-state index >= 15 is 0 Å². The molecule has 3 amide bonds. The number of imide groups is 1. The van der Waals surface area contributed by atoms with Gasteiger partial charge in [0, 0.05) is 0 Å². The zero-order valence-electron chi connectivity index (χ0n) is 10.7. The van der Waals surface area contributed by atoms with E-state index < -0.39 is 29.4 Å². The number of halogens is 1. The Morgan fingerprint density at radius 2 is 1.89 bits per heavy atom. The van der Waals surface area contributed by atoms with Gasteiger partial charge in [-0.1, -0.05) is 12.1 Å². The molecule has 0 aliphatic carbocycles. The smallest absolute Gasteiger partial charge is 0.325 e. The van der Waals surface area contributed by atoms with Gasteiger partial charge >= 0.3 is 6.03 Å². The summed E-state index contributed by atoms with van der Waals surface area (Å²) in [6.45, 7) is 3.04. The first-order valence-corrected chi connectivity index (χ1v) is 5.89. The van der Waals surface area contributed by atoms with Crippen LogP contribution in [0.25, 0.3) is 0 Å². The zero-order valence-corrected chi connectivity index (χ0v) is 10.7. The van der Waals surface area contributed by atoms with Crippen LogP contribution in [0.2, 0.25) is 0 Å². The number of carbonyl (C=O) groups excluding carboxylic acids is 2. The zero-order chi connectivity index (χ0) is 14.2. The summed E-state index contributed by atoms with van der Waals surface area (Å²) in [5.41, 5.74) is -0.508. The predicted molar refractivity (Wildman–Crippen MR) is 65.7 cm³/mol. The summed E-state index contributed by atoms with van der Waals surface area (Å²) in [5, 5.41) is 12.5. The predicted octanol–water partition coefficient (Wildman–Crippen LogP) is 1.19. The number of hydrogen-bond acceptors (Lipinski definition) is 3. The Balaban J connectivity index is 2.11. The van der Waals surface area contributed by atoms with Crippen molar-refractivity contribution in [3.8, 4) is 0 Å². The second-order valence-corrected chi connectivity index (χ2v) is 5.04. The molecule has 0 spiro atoms. The molecule has 0 saturated carbocycles. The van der Waals surface area contributed by atoms with Crippen molar-refractivity contribution >= 4 is 11.9 Å². The number of aliphatic hydroxyl groups excluding tert-OH is 1. The van der Waals surface area contributed by atoms with Crippen LogP contribution >= 0.6 is 0 Å². The lowest BCUT2D eigenvalue weighted by atomic mass is 10.1. The summed E-state index contributed by atoms with van der Waals surface area (Å²) < 4.78 is 12.8. The normalized spacial score (nSPS) is 19.5. The van der Waals surface area contributed by atoms with Crippen LogP contribution in [0, 0.1) is 5.82 Å². The molecular formula is C13H15FN2O3. The molecule has 2 N–H and O–H groups in total. The average Bonchev–Trinajstić information content (AvgIpc) is 2.52. The Kier molecular flexibility index (Phi) is 3.28. The highest BCUT2D eigenvalue weighted by molar-refractivity contribution is 6.06. The lowest BCUT2D eigenvalue weighted by Crippen LogP contribution is -2.40. The number of hydrogen-bond donors (Lipinski definition) is 2. The number of rotatable bonds is 3. The van der Waals surface area contributed by atoms with Gasteiger partial charge in [-0.3, -0.25) is 9.69 Å². The maximum absolute atomic E-state index is 12.8. The van der Waals surface area contributed by atoms with Crippen molar-refractivity contribution < 1.29 is 19.1 Å². The van der Waals surface area contributed by atoms with E-state index in [-0.39, 0.29) is 6.54 Å². The molecule has 1 aliphatic heterocycles. The van der Waals surface area contributed by atoms with Crippen molar-refractivity contribution in [1.29, 1.82) is 0 Å². The molecule has 0 unspecified atom stereocenters. The number of β-amino-alcohol motifs (C(OH)–C–C–N with tert-alkyl or cyclic N) is 1. The molecule has 0 aromatic heterocycles. The minimum Gasteiger partial charge on any atom is -0.387 e. The second-order valence-electron chi connectivity index (χ2n) is 5.04. The molecule has 5 nitrogen and oxygen atoms in total. The molecule has 2 rings (SSSR count). The fourth-order valence-electron chi connectivity index (χ4n) is 1.95. The monoisotopic (exact) mass is 266 g/mol. The first kappa shape index (κ1) is 13.5. The SMILES string of the molecule is CC1(C)NC(=O)N(C[C@@H](O)c2ccc(F)cc2)C1=O. The van der Waals surface area contributed by atoms with Crippen molar-refractivity contribution in [2.24, 2.45) is 0 Å².